The molecule has 0 saturated carbocycles. The molecule has 4 heterocycles. The largest absolute Gasteiger partial charge is 0.444 e. The number of rotatable bonds is 8. The molecule has 3 aromatic rings. The van der Waals surface area contributed by atoms with Crippen molar-refractivity contribution in [3.05, 3.63) is 42.7 Å². The molecule has 0 bridgehead atoms. The molecular formula is C34H45N7O6. The average molecular weight is 648 g/mol. The van der Waals surface area contributed by atoms with E-state index in [2.05, 4.69) is 20.6 Å². The topological polar surface area (TPSA) is 148 Å². The minimum atomic E-state index is -0.642. The van der Waals surface area contributed by atoms with Gasteiger partial charge in [-0.2, -0.15) is 0 Å². The van der Waals surface area contributed by atoms with Gasteiger partial charge in [0.25, 0.3) is 0 Å². The first-order chi connectivity index (χ1) is 22.3. The van der Waals surface area contributed by atoms with Gasteiger partial charge in [-0.05, 0) is 97.1 Å². The number of pyridine rings is 1. The summed E-state index contributed by atoms with van der Waals surface area (Å²) in [4.78, 5) is 54.6. The SMILES string of the molecule is CC(C)(C)OC(=O)N1CCC[C@H]1COCNc1ccc2cc(-c3cnc(NC(=O)[C@@H]4CCCN4C(=O)OC(C)(C)C)nc3)ccc2n1. The molecule has 0 unspecified atom stereocenters. The predicted molar refractivity (Wildman–Crippen MR) is 178 cm³/mol. The van der Waals surface area contributed by atoms with Crippen LogP contribution in [0, 0.1) is 0 Å². The lowest BCUT2D eigenvalue weighted by molar-refractivity contribution is -0.120. The highest BCUT2D eigenvalue weighted by Crippen LogP contribution is 2.26. The Hall–Kier alpha value is -4.52. The number of hydrogen-bond donors (Lipinski definition) is 2. The lowest BCUT2D eigenvalue weighted by Gasteiger charge is -2.28. The number of fused-ring (bicyclic) bond motifs is 1. The molecule has 1 aromatic carbocycles. The van der Waals surface area contributed by atoms with Crippen LogP contribution in [-0.2, 0) is 19.0 Å². The number of carbonyl (C=O) groups is 3. The number of hydrogen-bond acceptors (Lipinski definition) is 10. The van der Waals surface area contributed by atoms with Crippen molar-refractivity contribution in [2.75, 3.05) is 37.1 Å². The van der Waals surface area contributed by atoms with E-state index in [1.807, 2.05) is 51.1 Å². The van der Waals surface area contributed by atoms with Gasteiger partial charge in [0, 0.05) is 36.4 Å². The van der Waals surface area contributed by atoms with E-state index in [4.69, 9.17) is 19.2 Å². The third-order valence-corrected chi connectivity index (χ3v) is 7.76. The summed E-state index contributed by atoms with van der Waals surface area (Å²) in [5.41, 5.74) is 1.32. The van der Waals surface area contributed by atoms with Crippen molar-refractivity contribution in [3.63, 3.8) is 0 Å². The van der Waals surface area contributed by atoms with Gasteiger partial charge in [0.05, 0.1) is 18.2 Å². The zero-order chi connectivity index (χ0) is 33.8. The third-order valence-electron chi connectivity index (χ3n) is 7.76. The molecule has 2 saturated heterocycles. The second-order valence-corrected chi connectivity index (χ2v) is 13.9. The van der Waals surface area contributed by atoms with Crippen LogP contribution in [-0.4, -0.2) is 92.6 Å². The summed E-state index contributed by atoms with van der Waals surface area (Å²) in [5, 5.41) is 6.87. The monoisotopic (exact) mass is 647 g/mol. The van der Waals surface area contributed by atoms with Crippen molar-refractivity contribution < 1.29 is 28.6 Å². The second-order valence-electron chi connectivity index (χ2n) is 13.9. The standard InChI is InChI=1S/C34H45N7O6/c1-33(2,3)46-31(43)40-15-7-9-25(40)20-45-21-37-28-14-12-23-17-22(11-13-26(23)38-28)24-18-35-30(36-19-24)39-29(42)27-10-8-16-41(27)32(44)47-34(4,5)6/h11-14,17-19,25,27H,7-10,15-16,20-21H2,1-6H3,(H,37,38)(H,35,36,39,42)/t25-,27-/m0/s1. The normalized spacial score (nSPS) is 18.3. The van der Waals surface area contributed by atoms with Crippen LogP contribution in [0.25, 0.3) is 22.0 Å². The van der Waals surface area contributed by atoms with E-state index in [-0.39, 0.29) is 30.7 Å². The van der Waals surface area contributed by atoms with Gasteiger partial charge in [0.15, 0.2) is 0 Å². The fourth-order valence-corrected chi connectivity index (χ4v) is 5.61. The highest BCUT2D eigenvalue weighted by Gasteiger charge is 2.37. The summed E-state index contributed by atoms with van der Waals surface area (Å²) < 4.78 is 16.8. The first-order valence-electron chi connectivity index (χ1n) is 16.1. The van der Waals surface area contributed by atoms with Crippen molar-refractivity contribution >= 4 is 40.8 Å². The minimum Gasteiger partial charge on any atom is -0.444 e. The molecule has 5 rings (SSSR count). The second kappa shape index (κ2) is 14.1. The third kappa shape index (κ3) is 9.06. The Morgan fingerprint density at radius 3 is 2.21 bits per heavy atom. The molecule has 0 radical (unpaired) electrons. The first kappa shape index (κ1) is 33.8. The van der Waals surface area contributed by atoms with Crippen LogP contribution in [0.5, 0.6) is 0 Å². The van der Waals surface area contributed by atoms with E-state index in [9.17, 15) is 14.4 Å². The fraction of sp³-hybridized carbons (Fsp3) is 0.529. The van der Waals surface area contributed by atoms with Crippen LogP contribution in [0.3, 0.4) is 0 Å². The van der Waals surface area contributed by atoms with Gasteiger partial charge in [0.2, 0.25) is 11.9 Å². The fourth-order valence-electron chi connectivity index (χ4n) is 5.61. The molecule has 0 spiro atoms. The maximum atomic E-state index is 13.0. The molecule has 2 atom stereocenters. The molecule has 252 valence electrons. The molecule has 2 fully saturated rings. The molecule has 2 N–H and O–H groups in total. The van der Waals surface area contributed by atoms with E-state index in [0.29, 0.717) is 31.9 Å². The highest BCUT2D eigenvalue weighted by atomic mass is 16.6. The summed E-state index contributed by atoms with van der Waals surface area (Å²) in [6.07, 6.45) is 5.59. The van der Waals surface area contributed by atoms with Crippen LogP contribution >= 0.6 is 0 Å². The molecule has 2 aliphatic rings. The smallest absolute Gasteiger partial charge is 0.410 e. The molecule has 0 aliphatic carbocycles. The van der Waals surface area contributed by atoms with Gasteiger partial charge < -0.3 is 24.4 Å². The van der Waals surface area contributed by atoms with Crippen molar-refractivity contribution in [3.8, 4) is 11.1 Å². The van der Waals surface area contributed by atoms with Gasteiger partial charge in [-0.25, -0.2) is 24.5 Å². The number of anilines is 2. The van der Waals surface area contributed by atoms with Crippen molar-refractivity contribution in [1.82, 2.24) is 24.8 Å². The first-order valence-corrected chi connectivity index (χ1v) is 16.1. The number of likely N-dealkylation sites (tertiary alicyclic amines) is 2. The summed E-state index contributed by atoms with van der Waals surface area (Å²) in [7, 11) is 0. The van der Waals surface area contributed by atoms with Gasteiger partial charge >= 0.3 is 12.2 Å². The summed E-state index contributed by atoms with van der Waals surface area (Å²) in [6, 6.07) is 9.09. The summed E-state index contributed by atoms with van der Waals surface area (Å²) in [6.45, 7) is 12.8. The highest BCUT2D eigenvalue weighted by molar-refractivity contribution is 5.95. The van der Waals surface area contributed by atoms with Gasteiger partial charge in [0.1, 0.15) is 29.8 Å². The number of ether oxygens (including phenoxy) is 3. The number of nitrogens with one attached hydrogen (secondary N) is 2. The zero-order valence-corrected chi connectivity index (χ0v) is 28.0. The molecule has 3 amide bonds. The lowest BCUT2D eigenvalue weighted by Crippen LogP contribution is -2.45. The Kier molecular flexibility index (Phi) is 10.1. The summed E-state index contributed by atoms with van der Waals surface area (Å²) in [5.74, 6) is 0.506. The Morgan fingerprint density at radius 2 is 1.51 bits per heavy atom. The molecule has 47 heavy (non-hydrogen) atoms. The Labute approximate surface area is 275 Å². The number of nitrogens with zero attached hydrogens (tertiary/aromatic N) is 5. The van der Waals surface area contributed by atoms with Crippen molar-refractivity contribution in [1.29, 1.82) is 0 Å². The Balaban J connectivity index is 1.13. The number of benzene rings is 1. The van der Waals surface area contributed by atoms with Crippen molar-refractivity contribution in [2.45, 2.75) is 90.5 Å². The number of carbonyl (C=O) groups excluding carboxylic acids is 3. The van der Waals surface area contributed by atoms with Crippen LogP contribution in [0.4, 0.5) is 21.4 Å². The van der Waals surface area contributed by atoms with E-state index in [1.165, 1.54) is 4.90 Å². The number of amides is 3. The van der Waals surface area contributed by atoms with Crippen molar-refractivity contribution in [2.24, 2.45) is 0 Å². The van der Waals surface area contributed by atoms with E-state index >= 15 is 0 Å². The lowest BCUT2D eigenvalue weighted by atomic mass is 10.1. The molecule has 13 heteroatoms. The molecule has 2 aromatic heterocycles. The van der Waals surface area contributed by atoms with Crippen LogP contribution in [0.15, 0.2) is 42.7 Å². The maximum Gasteiger partial charge on any atom is 0.410 e. The van der Waals surface area contributed by atoms with E-state index in [0.717, 1.165) is 41.3 Å². The molecular weight excluding hydrogens is 602 g/mol. The Bertz CT molecular complexity index is 1580. The zero-order valence-electron chi connectivity index (χ0n) is 28.0. The molecule has 2 aliphatic heterocycles. The van der Waals surface area contributed by atoms with Gasteiger partial charge in [-0.15, -0.1) is 0 Å². The maximum absolute atomic E-state index is 13.0. The van der Waals surface area contributed by atoms with Gasteiger partial charge in [-0.3, -0.25) is 15.0 Å². The van der Waals surface area contributed by atoms with Crippen LogP contribution < -0.4 is 10.6 Å². The van der Waals surface area contributed by atoms with E-state index < -0.39 is 23.3 Å². The minimum absolute atomic E-state index is 0.00855. The predicted octanol–water partition coefficient (Wildman–Crippen LogP) is 5.82. The van der Waals surface area contributed by atoms with Crippen LogP contribution in [0.1, 0.15) is 67.2 Å². The summed E-state index contributed by atoms with van der Waals surface area (Å²) >= 11 is 0. The number of aromatic nitrogens is 3. The molecule has 13 nitrogen and oxygen atoms in total. The van der Waals surface area contributed by atoms with E-state index in [1.54, 1.807) is 38.1 Å². The average Bonchev–Trinajstić information content (AvgIpc) is 3.68. The Morgan fingerprint density at radius 1 is 0.851 bits per heavy atom. The quantitative estimate of drug-likeness (QED) is 0.227. The van der Waals surface area contributed by atoms with Crippen LogP contribution in [0.2, 0.25) is 0 Å². The van der Waals surface area contributed by atoms with Gasteiger partial charge in [-0.1, -0.05) is 6.07 Å².